The van der Waals surface area contributed by atoms with E-state index >= 15 is 0 Å². The highest BCUT2D eigenvalue weighted by molar-refractivity contribution is 6.07. The van der Waals surface area contributed by atoms with Gasteiger partial charge in [-0.15, -0.1) is 0 Å². The number of imidazole rings is 3. The quantitative estimate of drug-likeness (QED) is 0.0451. The zero-order valence-electron chi connectivity index (χ0n) is 51.1. The monoisotopic (exact) mass is 1240 g/mol. The van der Waals surface area contributed by atoms with Crippen molar-refractivity contribution in [2.24, 2.45) is 0 Å². The first-order valence-electron chi connectivity index (χ1n) is 31.0. The van der Waals surface area contributed by atoms with Crippen molar-refractivity contribution in [2.45, 2.75) is 25.2 Å². The first-order valence-corrected chi connectivity index (χ1v) is 31.0. The number of H-pyrrole nitrogens is 2. The Labute approximate surface area is 546 Å². The van der Waals surface area contributed by atoms with E-state index in [9.17, 15) is 14.4 Å². The smallest absolute Gasteiger partial charge is 0.244 e. The number of fused-ring (bicyclic) bond motifs is 8. The second kappa shape index (κ2) is 25.7. The number of para-hydroxylation sites is 4. The van der Waals surface area contributed by atoms with Gasteiger partial charge < -0.3 is 44.9 Å². The molecule has 0 radical (unpaired) electrons. The van der Waals surface area contributed by atoms with Gasteiger partial charge in [-0.05, 0) is 89.5 Å². The molecular formula is C78H60N14O3. The van der Waals surface area contributed by atoms with Crippen molar-refractivity contribution in [3.05, 3.63) is 308 Å². The Morgan fingerprint density at radius 2 is 0.611 bits per heavy atom. The van der Waals surface area contributed by atoms with Gasteiger partial charge in [0.15, 0.2) is 0 Å². The van der Waals surface area contributed by atoms with Crippen LogP contribution in [0.3, 0.4) is 0 Å². The van der Waals surface area contributed by atoms with Crippen LogP contribution in [0.5, 0.6) is 0 Å². The molecule has 0 fully saturated rings. The fourth-order valence-corrected chi connectivity index (χ4v) is 12.8. The molecule has 7 aromatic carbocycles. The van der Waals surface area contributed by atoms with Gasteiger partial charge in [0.1, 0.15) is 25.2 Å². The number of carbonyl (C=O) groups excluding carboxylic acids is 3. The Morgan fingerprint density at radius 1 is 0.337 bits per heavy atom. The molecule has 3 amide bonds. The molecule has 2 aliphatic rings. The summed E-state index contributed by atoms with van der Waals surface area (Å²) >= 11 is 0. The highest BCUT2D eigenvalue weighted by Crippen LogP contribution is 2.46. The molecular weight excluding hydrogens is 1180 g/mol. The number of aromatic amines is 2. The average Bonchev–Trinajstić information content (AvgIpc) is 1.36. The molecule has 460 valence electrons. The maximum absolute atomic E-state index is 14.1. The minimum atomic E-state index is -0.918. The van der Waals surface area contributed by atoms with E-state index in [1.807, 2.05) is 140 Å². The summed E-state index contributed by atoms with van der Waals surface area (Å²) in [4.78, 5) is 73.8. The van der Waals surface area contributed by atoms with Crippen LogP contribution < -0.4 is 21.3 Å². The maximum atomic E-state index is 14.1. The third-order valence-corrected chi connectivity index (χ3v) is 17.0. The van der Waals surface area contributed by atoms with Gasteiger partial charge in [-0.3, -0.25) is 14.4 Å². The number of aromatic nitrogens is 10. The van der Waals surface area contributed by atoms with Gasteiger partial charge in [0.2, 0.25) is 17.7 Å². The number of hydrogen-bond donors (Lipinski definition) is 6. The van der Waals surface area contributed by atoms with E-state index in [2.05, 4.69) is 143 Å². The lowest BCUT2D eigenvalue weighted by Gasteiger charge is -2.38. The summed E-state index contributed by atoms with van der Waals surface area (Å²) in [6.07, 6.45) is 23.1. The van der Waals surface area contributed by atoms with Crippen molar-refractivity contribution in [2.75, 3.05) is 21.3 Å². The number of benzene rings is 7. The largest absolute Gasteiger partial charge is 0.367 e. The number of rotatable bonds is 18. The number of nitrogens with zero attached hydrogens (tertiary/aromatic N) is 8. The van der Waals surface area contributed by atoms with Crippen LogP contribution in [0.4, 0.5) is 22.7 Å². The van der Waals surface area contributed by atoms with Crippen LogP contribution in [-0.4, -0.2) is 66.3 Å². The number of hydrogen-bond acceptors (Lipinski definition) is 9. The number of anilines is 4. The van der Waals surface area contributed by atoms with Crippen molar-refractivity contribution in [3.63, 3.8) is 0 Å². The molecule has 8 heterocycles. The topological polar surface area (TPSA) is 210 Å². The molecule has 95 heavy (non-hydrogen) atoms. The minimum absolute atomic E-state index is 0.0338. The molecule has 0 aliphatic carbocycles. The van der Waals surface area contributed by atoms with E-state index in [0.717, 1.165) is 39.0 Å². The number of carbonyl (C=O) groups is 3. The van der Waals surface area contributed by atoms with Crippen LogP contribution >= 0.6 is 0 Å². The fourth-order valence-electron chi connectivity index (χ4n) is 12.8. The Balaban J connectivity index is 1.02. The van der Waals surface area contributed by atoms with Gasteiger partial charge in [0.05, 0.1) is 41.8 Å². The van der Waals surface area contributed by atoms with Crippen LogP contribution in [0.25, 0.3) is 90.9 Å². The zero-order chi connectivity index (χ0) is 64.1. The van der Waals surface area contributed by atoms with Crippen molar-refractivity contribution < 1.29 is 14.4 Å². The van der Waals surface area contributed by atoms with E-state index in [1.165, 1.54) is 0 Å². The molecule has 13 aromatic rings. The van der Waals surface area contributed by atoms with Crippen LogP contribution in [0.2, 0.25) is 0 Å². The molecule has 2 aliphatic heterocycles. The molecule has 15 rings (SSSR count). The van der Waals surface area contributed by atoms with Gasteiger partial charge in [0, 0.05) is 127 Å². The normalized spacial score (nSPS) is 11.7. The summed E-state index contributed by atoms with van der Waals surface area (Å²) in [5.41, 5.74) is 15.6. The third-order valence-electron chi connectivity index (χ3n) is 17.0. The zero-order valence-corrected chi connectivity index (χ0v) is 51.1. The predicted molar refractivity (Wildman–Crippen MR) is 376 cm³/mol. The van der Waals surface area contributed by atoms with E-state index in [-0.39, 0.29) is 37.4 Å². The molecule has 8 bridgehead atoms. The molecule has 0 saturated carbocycles. The highest BCUT2D eigenvalue weighted by Gasteiger charge is 2.37. The summed E-state index contributed by atoms with van der Waals surface area (Å²) < 4.78 is 5.16. The lowest BCUT2D eigenvalue weighted by Crippen LogP contribution is -2.38. The van der Waals surface area contributed by atoms with Crippen molar-refractivity contribution in [1.29, 1.82) is 0 Å². The van der Waals surface area contributed by atoms with Gasteiger partial charge in [-0.25, -0.2) is 24.9 Å². The van der Waals surface area contributed by atoms with E-state index in [1.54, 1.807) is 69.9 Å². The molecule has 0 spiro atoms. The first-order chi connectivity index (χ1) is 46.8. The summed E-state index contributed by atoms with van der Waals surface area (Å²) in [5.74, 6) is -0.748. The number of amides is 3. The standard InChI is InChI=1S/C78H60N14O3/c93-71(46-90-43-40-79-49-90)86-59-28-14-10-24-55(59)74-63-32-34-65(82-63)75(56-25-11-15-29-60(56)87-72(94)47-91-44-41-80-50-91)67-36-38-69(84-67)77(58-27-13-17-31-62(58)89-78(52-18-4-1-5-19-52,53-20-6-2-7-21-53)54-22-8-3-9-23-54)70-39-37-68(85-70)76(66-35-33-64(74)83-66)57-26-12-16-30-61(57)88-73(95)48-92-45-42-81-51-92/h1-45,49-51,82,85,89H,46-48H2,(H,86,93)(H,87,94)(H,88,95). The SMILES string of the molecule is O=C(Cn1ccnc1)Nc1ccccc1-c1c2nc(c(-c3ccccc3NC(=O)Cn3ccnc3)c3ccc([nH]3)c(-c3ccccc3NC(c3ccccc3)(c3ccccc3)c3ccccc3)c3nc(c(-c4ccccc4NC(=O)Cn4ccnc4)c4ccc1[nH]4)C=C3)C=C2. The van der Waals surface area contributed by atoms with E-state index in [4.69, 9.17) is 9.97 Å². The van der Waals surface area contributed by atoms with Crippen LogP contribution in [0, 0.1) is 0 Å². The van der Waals surface area contributed by atoms with Gasteiger partial charge in [0.25, 0.3) is 0 Å². The van der Waals surface area contributed by atoms with Gasteiger partial charge in [-0.1, -0.05) is 164 Å². The molecule has 6 aromatic heterocycles. The van der Waals surface area contributed by atoms with Crippen molar-refractivity contribution in [3.8, 4) is 44.5 Å². The number of nitrogens with one attached hydrogen (secondary N) is 6. The van der Waals surface area contributed by atoms with Gasteiger partial charge in [-0.2, -0.15) is 0 Å². The highest BCUT2D eigenvalue weighted by atomic mass is 16.2. The second-order valence-electron chi connectivity index (χ2n) is 23.0. The maximum Gasteiger partial charge on any atom is 0.244 e. The second-order valence-corrected chi connectivity index (χ2v) is 23.0. The van der Waals surface area contributed by atoms with Crippen molar-refractivity contribution >= 4 is 86.8 Å². The summed E-state index contributed by atoms with van der Waals surface area (Å²) in [6, 6.07) is 71.2. The van der Waals surface area contributed by atoms with Gasteiger partial charge >= 0.3 is 0 Å². The Morgan fingerprint density at radius 3 is 0.905 bits per heavy atom. The van der Waals surface area contributed by atoms with E-state index < -0.39 is 5.54 Å². The summed E-state index contributed by atoms with van der Waals surface area (Å²) in [7, 11) is 0. The summed E-state index contributed by atoms with van der Waals surface area (Å²) in [5, 5.41) is 13.9. The predicted octanol–water partition coefficient (Wildman–Crippen LogP) is 15.2. The molecule has 0 saturated heterocycles. The van der Waals surface area contributed by atoms with Crippen LogP contribution in [-0.2, 0) is 39.6 Å². The molecule has 17 nitrogen and oxygen atoms in total. The fraction of sp³-hybridized carbons (Fsp3) is 0.0513. The van der Waals surface area contributed by atoms with Crippen LogP contribution in [0.15, 0.2) is 268 Å². The molecule has 6 N–H and O–H groups in total. The molecule has 0 atom stereocenters. The molecule has 17 heteroatoms. The van der Waals surface area contributed by atoms with Crippen molar-refractivity contribution in [1.82, 2.24) is 48.6 Å². The Kier molecular flexibility index (Phi) is 15.8. The Hall–Kier alpha value is -13.0. The average molecular weight is 1240 g/mol. The minimum Gasteiger partial charge on any atom is -0.367 e. The lowest BCUT2D eigenvalue weighted by molar-refractivity contribution is -0.117. The van der Waals surface area contributed by atoms with E-state index in [0.29, 0.717) is 89.8 Å². The molecule has 0 unspecified atom stereocenters. The lowest BCUT2D eigenvalue weighted by atomic mass is 9.76. The van der Waals surface area contributed by atoms with Crippen LogP contribution in [0.1, 0.15) is 39.5 Å². The third kappa shape index (κ3) is 11.8. The first kappa shape index (κ1) is 58.4. The summed E-state index contributed by atoms with van der Waals surface area (Å²) in [6.45, 7) is 0.109. The Bertz CT molecular complexity index is 5040.